The number of carbonyl (C=O) groups is 2. The van der Waals surface area contributed by atoms with Crippen LogP contribution in [-0.4, -0.2) is 42.3 Å². The van der Waals surface area contributed by atoms with Crippen molar-refractivity contribution in [2.24, 2.45) is 0 Å². The number of rotatable bonds is 4. The molecule has 1 amide bonds. The average Bonchev–Trinajstić information content (AvgIpc) is 2.56. The van der Waals surface area contributed by atoms with Crippen LogP contribution in [0, 0.1) is 0 Å². The number of hydrogen-bond donors (Lipinski definition) is 2. The van der Waals surface area contributed by atoms with Gasteiger partial charge in [0.2, 0.25) is 5.91 Å². The maximum atomic E-state index is 11.5. The minimum absolute atomic E-state index is 0.204. The maximum absolute atomic E-state index is 11.5. The molecule has 0 atom stereocenters. The number of para-hydroxylation sites is 1. The van der Waals surface area contributed by atoms with Gasteiger partial charge in [-0.1, -0.05) is 25.1 Å². The van der Waals surface area contributed by atoms with Gasteiger partial charge in [-0.15, -0.1) is 0 Å². The van der Waals surface area contributed by atoms with Crippen LogP contribution in [0.15, 0.2) is 30.3 Å². The Morgan fingerprint density at radius 3 is 2.16 bits per heavy atom. The summed E-state index contributed by atoms with van der Waals surface area (Å²) in [5, 5.41) is 10.3. The summed E-state index contributed by atoms with van der Waals surface area (Å²) in [6.07, 6.45) is -1.41. The van der Waals surface area contributed by atoms with Crippen LogP contribution in [0.1, 0.15) is 32.6 Å². The first kappa shape index (κ1) is 20.8. The van der Waals surface area contributed by atoms with Crippen molar-refractivity contribution >= 4 is 17.6 Å². The van der Waals surface area contributed by atoms with Crippen LogP contribution in [0.4, 0.5) is 18.9 Å². The number of nitrogens with one attached hydrogen (secondary N) is 1. The van der Waals surface area contributed by atoms with Crippen LogP contribution in [0.2, 0.25) is 0 Å². The Hall–Kier alpha value is -2.25. The lowest BCUT2D eigenvalue weighted by atomic mass is 10.0. The molecule has 5 nitrogen and oxygen atoms in total. The number of carboxylic acids is 1. The lowest BCUT2D eigenvalue weighted by molar-refractivity contribution is -0.192. The lowest BCUT2D eigenvalue weighted by Crippen LogP contribution is -2.44. The Morgan fingerprint density at radius 2 is 1.72 bits per heavy atom. The van der Waals surface area contributed by atoms with E-state index in [0.717, 1.165) is 32.4 Å². The summed E-state index contributed by atoms with van der Waals surface area (Å²) >= 11 is 0. The van der Waals surface area contributed by atoms with Gasteiger partial charge < -0.3 is 15.3 Å². The standard InChI is InChI=1S/C15H22N2O.C2HF3O2/c1-2-6-15(18)16-13-9-11-17(12-10-13)14-7-4-3-5-8-14;3-2(4,5)1(6)7/h3-5,7-8,13H,2,6,9-12H2,1H3,(H,16,18);(H,6,7). The van der Waals surface area contributed by atoms with E-state index in [1.807, 2.05) is 13.0 Å². The normalized spacial score (nSPS) is 15.1. The van der Waals surface area contributed by atoms with E-state index in [2.05, 4.69) is 34.5 Å². The zero-order valence-electron chi connectivity index (χ0n) is 14.1. The highest BCUT2D eigenvalue weighted by molar-refractivity contribution is 5.76. The molecule has 1 saturated heterocycles. The van der Waals surface area contributed by atoms with E-state index >= 15 is 0 Å². The first-order chi connectivity index (χ1) is 11.7. The third kappa shape index (κ3) is 7.91. The quantitative estimate of drug-likeness (QED) is 0.865. The highest BCUT2D eigenvalue weighted by Gasteiger charge is 2.38. The molecular weight excluding hydrogens is 337 g/mol. The number of carboxylic acid groups (broad SMARTS) is 1. The molecule has 0 unspecified atom stereocenters. The van der Waals surface area contributed by atoms with Crippen molar-refractivity contribution in [2.45, 2.75) is 44.8 Å². The summed E-state index contributed by atoms with van der Waals surface area (Å²) in [7, 11) is 0. The molecule has 0 aliphatic carbocycles. The van der Waals surface area contributed by atoms with Crippen molar-refractivity contribution in [3.8, 4) is 0 Å². The number of carbonyl (C=O) groups excluding carboxylic acids is 1. The third-order valence-electron chi connectivity index (χ3n) is 3.70. The fourth-order valence-electron chi connectivity index (χ4n) is 2.45. The molecule has 2 rings (SSSR count). The minimum atomic E-state index is -5.08. The molecule has 0 saturated carbocycles. The zero-order valence-corrected chi connectivity index (χ0v) is 14.1. The van der Waals surface area contributed by atoms with Crippen molar-refractivity contribution in [3.63, 3.8) is 0 Å². The Labute approximate surface area is 144 Å². The van der Waals surface area contributed by atoms with E-state index in [-0.39, 0.29) is 5.91 Å². The van der Waals surface area contributed by atoms with Crippen molar-refractivity contribution in [2.75, 3.05) is 18.0 Å². The molecule has 0 bridgehead atoms. The Kier molecular flexibility index (Phi) is 8.24. The van der Waals surface area contributed by atoms with Gasteiger partial charge in [-0.25, -0.2) is 4.79 Å². The van der Waals surface area contributed by atoms with Crippen LogP contribution < -0.4 is 10.2 Å². The van der Waals surface area contributed by atoms with Gasteiger partial charge in [0.15, 0.2) is 0 Å². The smallest absolute Gasteiger partial charge is 0.475 e. The van der Waals surface area contributed by atoms with Gasteiger partial charge in [0.1, 0.15) is 0 Å². The number of hydrogen-bond acceptors (Lipinski definition) is 3. The number of alkyl halides is 3. The molecule has 1 aromatic rings. The molecule has 0 aromatic heterocycles. The van der Waals surface area contributed by atoms with Crippen LogP contribution in [0.5, 0.6) is 0 Å². The van der Waals surface area contributed by atoms with Crippen molar-refractivity contribution in [1.82, 2.24) is 5.32 Å². The number of piperidine rings is 1. The van der Waals surface area contributed by atoms with E-state index in [9.17, 15) is 18.0 Å². The summed E-state index contributed by atoms with van der Waals surface area (Å²) in [5.41, 5.74) is 1.29. The maximum Gasteiger partial charge on any atom is 0.490 e. The predicted molar refractivity (Wildman–Crippen MR) is 88.4 cm³/mol. The average molecular weight is 360 g/mol. The van der Waals surface area contributed by atoms with Crippen LogP contribution >= 0.6 is 0 Å². The molecule has 1 aliphatic rings. The Bertz CT molecular complexity index is 542. The second kappa shape index (κ2) is 9.90. The van der Waals surface area contributed by atoms with Crippen molar-refractivity contribution in [1.29, 1.82) is 0 Å². The molecule has 1 fully saturated rings. The Morgan fingerprint density at radius 1 is 1.20 bits per heavy atom. The molecule has 1 heterocycles. The SMILES string of the molecule is CCCC(=O)NC1CCN(c2ccccc2)CC1.O=C(O)C(F)(F)F. The molecule has 140 valence electrons. The van der Waals surface area contributed by atoms with Gasteiger partial charge >= 0.3 is 12.1 Å². The van der Waals surface area contributed by atoms with E-state index < -0.39 is 12.1 Å². The molecule has 2 N–H and O–H groups in total. The molecule has 1 aromatic carbocycles. The topological polar surface area (TPSA) is 69.6 Å². The fourth-order valence-corrected chi connectivity index (χ4v) is 2.45. The monoisotopic (exact) mass is 360 g/mol. The second-order valence-electron chi connectivity index (χ2n) is 5.72. The summed E-state index contributed by atoms with van der Waals surface area (Å²) in [4.78, 5) is 22.8. The zero-order chi connectivity index (χ0) is 18.9. The number of aliphatic carboxylic acids is 1. The summed E-state index contributed by atoms with van der Waals surface area (Å²) < 4.78 is 31.7. The number of halogens is 3. The summed E-state index contributed by atoms with van der Waals surface area (Å²) in [6.45, 7) is 4.10. The van der Waals surface area contributed by atoms with Crippen LogP contribution in [0.25, 0.3) is 0 Å². The van der Waals surface area contributed by atoms with Crippen LogP contribution in [0.3, 0.4) is 0 Å². The first-order valence-corrected chi connectivity index (χ1v) is 8.13. The number of amides is 1. The minimum Gasteiger partial charge on any atom is -0.475 e. The third-order valence-corrected chi connectivity index (χ3v) is 3.70. The van der Waals surface area contributed by atoms with E-state index in [4.69, 9.17) is 9.90 Å². The first-order valence-electron chi connectivity index (χ1n) is 8.13. The van der Waals surface area contributed by atoms with Gasteiger partial charge in [0, 0.05) is 31.2 Å². The van der Waals surface area contributed by atoms with Gasteiger partial charge in [0.25, 0.3) is 0 Å². The largest absolute Gasteiger partial charge is 0.490 e. The lowest BCUT2D eigenvalue weighted by Gasteiger charge is -2.34. The summed E-state index contributed by atoms with van der Waals surface area (Å²) in [6, 6.07) is 10.9. The number of benzene rings is 1. The van der Waals surface area contributed by atoms with Crippen molar-refractivity contribution < 1.29 is 27.9 Å². The fraction of sp³-hybridized carbons (Fsp3) is 0.529. The molecule has 25 heavy (non-hydrogen) atoms. The molecule has 0 radical (unpaired) electrons. The molecule has 1 aliphatic heterocycles. The number of nitrogens with zero attached hydrogens (tertiary/aromatic N) is 1. The van der Waals surface area contributed by atoms with E-state index in [1.165, 1.54) is 5.69 Å². The Balaban J connectivity index is 0.000000381. The second-order valence-corrected chi connectivity index (χ2v) is 5.72. The molecule has 8 heteroatoms. The highest BCUT2D eigenvalue weighted by atomic mass is 19.4. The van der Waals surface area contributed by atoms with Gasteiger partial charge in [0.05, 0.1) is 0 Å². The summed E-state index contributed by atoms with van der Waals surface area (Å²) in [5.74, 6) is -2.55. The van der Waals surface area contributed by atoms with E-state index in [0.29, 0.717) is 12.5 Å². The van der Waals surface area contributed by atoms with Gasteiger partial charge in [-0.3, -0.25) is 4.79 Å². The van der Waals surface area contributed by atoms with Gasteiger partial charge in [-0.05, 0) is 31.4 Å². The van der Waals surface area contributed by atoms with Gasteiger partial charge in [-0.2, -0.15) is 13.2 Å². The predicted octanol–water partition coefficient (Wildman–Crippen LogP) is 3.21. The molecule has 0 spiro atoms. The van der Waals surface area contributed by atoms with E-state index in [1.54, 1.807) is 0 Å². The van der Waals surface area contributed by atoms with Crippen LogP contribution in [-0.2, 0) is 9.59 Å². The highest BCUT2D eigenvalue weighted by Crippen LogP contribution is 2.19. The van der Waals surface area contributed by atoms with Crippen molar-refractivity contribution in [3.05, 3.63) is 30.3 Å². The molecular formula is C17H23F3N2O3. The number of anilines is 1.